The Balaban J connectivity index is 0. The average Bonchev–Trinajstić information content (AvgIpc) is 1.78. The third-order valence-corrected chi connectivity index (χ3v) is 3.43. The van der Waals surface area contributed by atoms with Gasteiger partial charge in [-0.2, -0.15) is 0 Å². The van der Waals surface area contributed by atoms with Gasteiger partial charge in [-0.3, -0.25) is 0 Å². The first kappa shape index (κ1) is 15.1. The van der Waals surface area contributed by atoms with E-state index in [4.69, 9.17) is 0 Å². The predicted octanol–water partition coefficient (Wildman–Crippen LogP) is -2.06. The average molecular weight is 224 g/mol. The Bertz CT molecular complexity index is 167. The van der Waals surface area contributed by atoms with Gasteiger partial charge in [-0.1, -0.05) is 21.6 Å². The zero-order chi connectivity index (χ0) is 8.04. The normalized spacial score (nSPS) is 10.7. The summed E-state index contributed by atoms with van der Waals surface area (Å²) in [6.07, 6.45) is 2.37. The van der Waals surface area contributed by atoms with Crippen molar-refractivity contribution < 1.29 is 42.5 Å². The molecule has 0 saturated carbocycles. The molecule has 0 atom stereocenters. The molecule has 3 nitrogen and oxygen atoms in total. The molecule has 11 heavy (non-hydrogen) atoms. The van der Waals surface area contributed by atoms with E-state index < -0.39 is 10.1 Å². The van der Waals surface area contributed by atoms with Gasteiger partial charge in [0.15, 0.2) is 0 Å². The molecule has 7 heteroatoms. The molecule has 0 radical (unpaired) electrons. The third-order valence-electron chi connectivity index (χ3n) is 0.740. The summed E-state index contributed by atoms with van der Waals surface area (Å²) < 4.78 is 30.1. The zero-order valence-corrected chi connectivity index (χ0v) is 11.0. The van der Waals surface area contributed by atoms with Crippen LogP contribution in [0.15, 0.2) is 0 Å². The van der Waals surface area contributed by atoms with Crippen molar-refractivity contribution in [2.75, 3.05) is 17.8 Å². The molecule has 0 spiro atoms. The van der Waals surface area contributed by atoms with Crippen LogP contribution in [0.2, 0.25) is 0 Å². The van der Waals surface area contributed by atoms with E-state index in [9.17, 15) is 13.0 Å². The first-order valence-electron chi connectivity index (χ1n) is 2.65. The molecular formula is C4H9NaO3S3. The van der Waals surface area contributed by atoms with E-state index in [0.29, 0.717) is 6.42 Å². The number of hydrogen-bond acceptors (Lipinski definition) is 5. The van der Waals surface area contributed by atoms with Gasteiger partial charge in [0.25, 0.3) is 0 Å². The smallest absolute Gasteiger partial charge is 0.748 e. The Morgan fingerprint density at radius 2 is 2.00 bits per heavy atom. The maximum absolute atomic E-state index is 10.0. The van der Waals surface area contributed by atoms with Gasteiger partial charge in [0.05, 0.1) is 10.1 Å². The predicted molar refractivity (Wildman–Crippen MR) is 45.2 cm³/mol. The van der Waals surface area contributed by atoms with E-state index in [2.05, 4.69) is 0 Å². The molecular weight excluding hydrogens is 215 g/mol. The van der Waals surface area contributed by atoms with Crippen molar-refractivity contribution >= 4 is 31.7 Å². The summed E-state index contributed by atoms with van der Waals surface area (Å²) in [4.78, 5) is 0. The van der Waals surface area contributed by atoms with Crippen LogP contribution in [0.4, 0.5) is 0 Å². The molecule has 0 heterocycles. The Kier molecular flexibility index (Phi) is 11.3. The van der Waals surface area contributed by atoms with Gasteiger partial charge in [0.2, 0.25) is 0 Å². The van der Waals surface area contributed by atoms with Gasteiger partial charge in [-0.25, -0.2) is 8.42 Å². The Hall–Kier alpha value is 1.61. The van der Waals surface area contributed by atoms with Crippen molar-refractivity contribution in [2.24, 2.45) is 0 Å². The van der Waals surface area contributed by atoms with Crippen LogP contribution in [0.25, 0.3) is 0 Å². The molecule has 0 aliphatic carbocycles. The first-order valence-corrected chi connectivity index (χ1v) is 6.96. The van der Waals surface area contributed by atoms with E-state index in [1.165, 1.54) is 0 Å². The largest absolute Gasteiger partial charge is 1.00 e. The van der Waals surface area contributed by atoms with Crippen LogP contribution >= 0.6 is 21.6 Å². The van der Waals surface area contributed by atoms with Crippen LogP contribution in [0.5, 0.6) is 0 Å². The van der Waals surface area contributed by atoms with Gasteiger partial charge in [-0.05, 0) is 12.7 Å². The van der Waals surface area contributed by atoms with Crippen molar-refractivity contribution in [3.63, 3.8) is 0 Å². The van der Waals surface area contributed by atoms with Crippen molar-refractivity contribution in [3.8, 4) is 0 Å². The molecule has 0 fully saturated rings. The summed E-state index contributed by atoms with van der Waals surface area (Å²) in [5.41, 5.74) is 0. The minimum Gasteiger partial charge on any atom is -0.748 e. The molecule has 0 bridgehead atoms. The van der Waals surface area contributed by atoms with E-state index in [-0.39, 0.29) is 35.3 Å². The first-order chi connectivity index (χ1) is 4.56. The molecule has 0 N–H and O–H groups in total. The number of rotatable bonds is 5. The van der Waals surface area contributed by atoms with Crippen LogP contribution in [0.1, 0.15) is 6.42 Å². The fourth-order valence-electron chi connectivity index (χ4n) is 0.378. The minimum atomic E-state index is -3.98. The summed E-state index contributed by atoms with van der Waals surface area (Å²) in [6.45, 7) is 0. The van der Waals surface area contributed by atoms with Crippen LogP contribution in [0, 0.1) is 0 Å². The molecule has 0 unspecified atom stereocenters. The van der Waals surface area contributed by atoms with Crippen LogP contribution in [0.3, 0.4) is 0 Å². The van der Waals surface area contributed by atoms with Crippen molar-refractivity contribution in [2.45, 2.75) is 6.42 Å². The van der Waals surface area contributed by atoms with Gasteiger partial charge >= 0.3 is 29.6 Å². The van der Waals surface area contributed by atoms with Crippen LogP contribution in [-0.4, -0.2) is 30.7 Å². The van der Waals surface area contributed by atoms with E-state index >= 15 is 0 Å². The molecule has 0 saturated heterocycles. The summed E-state index contributed by atoms with van der Waals surface area (Å²) in [6, 6.07) is 0. The zero-order valence-electron chi connectivity index (χ0n) is 6.57. The summed E-state index contributed by atoms with van der Waals surface area (Å²) >= 11 is 0. The molecule has 0 aliphatic rings. The maximum Gasteiger partial charge on any atom is 1.00 e. The van der Waals surface area contributed by atoms with E-state index in [0.717, 1.165) is 5.75 Å². The van der Waals surface area contributed by atoms with Gasteiger partial charge < -0.3 is 4.55 Å². The van der Waals surface area contributed by atoms with E-state index in [1.807, 2.05) is 6.26 Å². The van der Waals surface area contributed by atoms with Crippen molar-refractivity contribution in [1.29, 1.82) is 0 Å². The topological polar surface area (TPSA) is 57.2 Å². The Morgan fingerprint density at radius 1 is 1.45 bits per heavy atom. The monoisotopic (exact) mass is 224 g/mol. The summed E-state index contributed by atoms with van der Waals surface area (Å²) in [5, 5.41) is 0. The molecule has 0 rings (SSSR count). The molecule has 0 aromatic rings. The standard InChI is InChI=1S/C4H10O3S3.Na/c1-8-9-3-2-4-10(5,6)7;/h2-4H2,1H3,(H,5,6,7);/q;+1/p-1. The molecule has 0 aromatic carbocycles. The van der Waals surface area contributed by atoms with Gasteiger partial charge in [0, 0.05) is 11.5 Å². The molecule has 0 amide bonds. The van der Waals surface area contributed by atoms with E-state index in [1.54, 1.807) is 21.6 Å². The third kappa shape index (κ3) is 14.5. The molecule has 62 valence electrons. The number of hydrogen-bond donors (Lipinski definition) is 0. The second kappa shape index (κ2) is 8.22. The van der Waals surface area contributed by atoms with Gasteiger partial charge in [-0.15, -0.1) is 0 Å². The molecule has 0 aromatic heterocycles. The summed E-state index contributed by atoms with van der Waals surface area (Å²) in [7, 11) is -0.843. The van der Waals surface area contributed by atoms with Gasteiger partial charge in [0.1, 0.15) is 0 Å². The second-order valence-electron chi connectivity index (χ2n) is 1.60. The SMILES string of the molecule is CSSCCCS(=O)(=O)[O-].[Na+]. The summed E-state index contributed by atoms with van der Waals surface area (Å²) in [5.74, 6) is 0.489. The Morgan fingerprint density at radius 3 is 2.36 bits per heavy atom. The van der Waals surface area contributed by atoms with Crippen molar-refractivity contribution in [3.05, 3.63) is 0 Å². The fraction of sp³-hybridized carbons (Fsp3) is 1.00. The molecule has 0 aliphatic heterocycles. The van der Waals surface area contributed by atoms with Crippen molar-refractivity contribution in [1.82, 2.24) is 0 Å². The minimum absolute atomic E-state index is 0. The van der Waals surface area contributed by atoms with Crippen LogP contribution < -0.4 is 29.6 Å². The second-order valence-corrected chi connectivity index (χ2v) is 5.81. The Labute approximate surface area is 97.5 Å². The quantitative estimate of drug-likeness (QED) is 0.232. The fourth-order valence-corrected chi connectivity index (χ4v) is 2.34. The maximum atomic E-state index is 10.0. The van der Waals surface area contributed by atoms with Crippen LogP contribution in [-0.2, 0) is 10.1 Å².